The Morgan fingerprint density at radius 1 is 0.914 bits per heavy atom. The molecule has 0 amide bonds. The number of anilines is 1. The molecule has 1 fully saturated rings. The molecule has 0 spiro atoms. The summed E-state index contributed by atoms with van der Waals surface area (Å²) in [5.41, 5.74) is -0.243. The van der Waals surface area contributed by atoms with Gasteiger partial charge in [-0.25, -0.2) is 9.59 Å². The minimum atomic E-state index is -0.984. The summed E-state index contributed by atoms with van der Waals surface area (Å²) in [6.45, 7) is 0.735. The van der Waals surface area contributed by atoms with Gasteiger partial charge in [-0.1, -0.05) is 19.3 Å². The summed E-state index contributed by atoms with van der Waals surface area (Å²) in [5, 5.41) is 24.6. The van der Waals surface area contributed by atoms with Crippen LogP contribution in [0.4, 0.5) is 21.5 Å². The normalized spacial score (nSPS) is 13.1. The Balaban J connectivity index is 0.000000269. The van der Waals surface area contributed by atoms with Crippen LogP contribution in [0.3, 0.4) is 0 Å². The van der Waals surface area contributed by atoms with Crippen molar-refractivity contribution in [3.63, 3.8) is 0 Å². The van der Waals surface area contributed by atoms with Crippen molar-refractivity contribution in [2.75, 3.05) is 26.1 Å². The Morgan fingerprint density at radius 3 is 1.94 bits per heavy atom. The van der Waals surface area contributed by atoms with Crippen LogP contribution in [-0.4, -0.2) is 42.5 Å². The molecule has 2 aromatic rings. The second kappa shape index (κ2) is 13.0. The minimum absolute atomic E-state index is 0.0550. The molecule has 1 aliphatic rings. The van der Waals surface area contributed by atoms with Crippen LogP contribution in [0.2, 0.25) is 0 Å². The summed E-state index contributed by atoms with van der Waals surface area (Å²) in [5.74, 6) is -1.73. The molecular formula is C23H26FN3O8. The van der Waals surface area contributed by atoms with E-state index in [2.05, 4.69) is 14.8 Å². The number of hydrogen-bond donors (Lipinski definition) is 1. The summed E-state index contributed by atoms with van der Waals surface area (Å²) in [7, 11) is 2.39. The summed E-state index contributed by atoms with van der Waals surface area (Å²) in [6, 6.07) is 7.18. The van der Waals surface area contributed by atoms with Crippen molar-refractivity contribution in [3.8, 4) is 0 Å². The lowest BCUT2D eigenvalue weighted by molar-refractivity contribution is -0.387. The first-order valence-corrected chi connectivity index (χ1v) is 10.8. The summed E-state index contributed by atoms with van der Waals surface area (Å²) in [4.78, 5) is 42.4. The Morgan fingerprint density at radius 2 is 1.43 bits per heavy atom. The maximum atomic E-state index is 12.8. The van der Waals surface area contributed by atoms with Crippen LogP contribution in [0.15, 0.2) is 36.4 Å². The number of carbonyl (C=O) groups excluding carboxylic acids is 2. The number of ether oxygens (including phenoxy) is 2. The third kappa shape index (κ3) is 7.73. The fourth-order valence-electron chi connectivity index (χ4n) is 3.62. The highest BCUT2D eigenvalue weighted by molar-refractivity contribution is 5.91. The van der Waals surface area contributed by atoms with Crippen LogP contribution in [-0.2, 0) is 9.47 Å². The number of nitrogens with zero attached hydrogens (tertiary/aromatic N) is 2. The van der Waals surface area contributed by atoms with Crippen molar-refractivity contribution in [2.45, 2.75) is 32.1 Å². The second-order valence-electron chi connectivity index (χ2n) is 7.78. The quantitative estimate of drug-likeness (QED) is 0.324. The van der Waals surface area contributed by atoms with Gasteiger partial charge in [-0.2, -0.15) is 4.39 Å². The Hall–Kier alpha value is -4.09. The zero-order valence-electron chi connectivity index (χ0n) is 19.3. The third-order valence-corrected chi connectivity index (χ3v) is 5.49. The Kier molecular flexibility index (Phi) is 10.1. The highest BCUT2D eigenvalue weighted by atomic mass is 19.1. The molecule has 35 heavy (non-hydrogen) atoms. The van der Waals surface area contributed by atoms with Crippen LogP contribution in [0.25, 0.3) is 0 Å². The lowest BCUT2D eigenvalue weighted by Gasteiger charge is -2.22. The van der Waals surface area contributed by atoms with Crippen molar-refractivity contribution in [2.24, 2.45) is 5.92 Å². The molecule has 3 rings (SSSR count). The maximum absolute atomic E-state index is 12.8. The zero-order valence-corrected chi connectivity index (χ0v) is 19.3. The first-order valence-electron chi connectivity index (χ1n) is 10.8. The van der Waals surface area contributed by atoms with Gasteiger partial charge in [0.15, 0.2) is 0 Å². The van der Waals surface area contributed by atoms with Gasteiger partial charge >= 0.3 is 17.6 Å². The Labute approximate surface area is 200 Å². The standard InChI is InChI=1S/C15H20N2O4.C8H6FNO4/c1-21-15(18)12-7-8-13(14(9-12)17(19)20)16-10-11-5-3-2-4-6-11;1-14-8(11)5-2-3-6(9)7(4-5)10(12)13/h7-9,11,16H,2-6,10H2,1H3;2-4H,1H3. The molecule has 1 saturated carbocycles. The van der Waals surface area contributed by atoms with Gasteiger partial charge in [-0.05, 0) is 43.0 Å². The van der Waals surface area contributed by atoms with Crippen molar-refractivity contribution in [1.82, 2.24) is 0 Å². The Bertz CT molecular complexity index is 1090. The van der Waals surface area contributed by atoms with Crippen molar-refractivity contribution >= 4 is 29.0 Å². The van der Waals surface area contributed by atoms with E-state index in [1.165, 1.54) is 45.3 Å². The lowest BCUT2D eigenvalue weighted by Crippen LogP contribution is -2.17. The van der Waals surface area contributed by atoms with E-state index < -0.39 is 33.3 Å². The van der Waals surface area contributed by atoms with Gasteiger partial charge in [-0.3, -0.25) is 20.2 Å². The van der Waals surface area contributed by atoms with E-state index in [4.69, 9.17) is 0 Å². The van der Waals surface area contributed by atoms with Gasteiger partial charge in [0.25, 0.3) is 5.69 Å². The molecule has 0 radical (unpaired) electrons. The van der Waals surface area contributed by atoms with Gasteiger partial charge in [0.1, 0.15) is 5.69 Å². The number of nitrogens with one attached hydrogen (secondary N) is 1. The van der Waals surface area contributed by atoms with Crippen molar-refractivity contribution in [3.05, 3.63) is 73.6 Å². The molecule has 0 heterocycles. The van der Waals surface area contributed by atoms with E-state index in [1.807, 2.05) is 0 Å². The average Bonchev–Trinajstić information content (AvgIpc) is 2.87. The number of methoxy groups -OCH3 is 2. The van der Waals surface area contributed by atoms with Crippen LogP contribution < -0.4 is 5.32 Å². The third-order valence-electron chi connectivity index (χ3n) is 5.49. The molecule has 12 heteroatoms. The predicted octanol–water partition coefficient (Wildman–Crippen LogP) is 4.89. The fourth-order valence-corrected chi connectivity index (χ4v) is 3.62. The molecule has 0 bridgehead atoms. The molecule has 1 aliphatic carbocycles. The lowest BCUT2D eigenvalue weighted by atomic mass is 9.89. The number of benzene rings is 2. The predicted molar refractivity (Wildman–Crippen MR) is 124 cm³/mol. The van der Waals surface area contributed by atoms with Crippen LogP contribution in [0.1, 0.15) is 52.8 Å². The number of nitro groups is 2. The first-order chi connectivity index (χ1) is 16.7. The van der Waals surface area contributed by atoms with E-state index in [1.54, 1.807) is 12.1 Å². The van der Waals surface area contributed by atoms with E-state index in [9.17, 15) is 34.2 Å². The molecule has 11 nitrogen and oxygen atoms in total. The van der Waals surface area contributed by atoms with E-state index in [-0.39, 0.29) is 16.8 Å². The molecule has 0 atom stereocenters. The van der Waals surface area contributed by atoms with Gasteiger partial charge in [0.05, 0.1) is 35.2 Å². The highest BCUT2D eigenvalue weighted by Gasteiger charge is 2.20. The second-order valence-corrected chi connectivity index (χ2v) is 7.78. The zero-order chi connectivity index (χ0) is 26.0. The fraction of sp³-hybridized carbons (Fsp3) is 0.391. The minimum Gasteiger partial charge on any atom is -0.465 e. The molecule has 0 unspecified atom stereocenters. The molecule has 188 valence electrons. The molecule has 0 saturated heterocycles. The number of halogens is 1. The van der Waals surface area contributed by atoms with Gasteiger partial charge in [-0.15, -0.1) is 0 Å². The molecule has 0 aliphatic heterocycles. The highest BCUT2D eigenvalue weighted by Crippen LogP contribution is 2.28. The summed E-state index contributed by atoms with van der Waals surface area (Å²) >= 11 is 0. The SMILES string of the molecule is COC(=O)c1ccc(F)c([N+](=O)[O-])c1.COC(=O)c1ccc(NCC2CCCCC2)c([N+](=O)[O-])c1. The molecule has 1 N–H and O–H groups in total. The summed E-state index contributed by atoms with van der Waals surface area (Å²) in [6.07, 6.45) is 6.08. The van der Waals surface area contributed by atoms with E-state index in [0.29, 0.717) is 11.6 Å². The van der Waals surface area contributed by atoms with E-state index >= 15 is 0 Å². The number of esters is 2. The number of carbonyl (C=O) groups is 2. The van der Waals surface area contributed by atoms with Gasteiger partial charge in [0, 0.05) is 18.7 Å². The molecule has 0 aromatic heterocycles. The van der Waals surface area contributed by atoms with Crippen LogP contribution in [0.5, 0.6) is 0 Å². The number of nitro benzene ring substituents is 2. The van der Waals surface area contributed by atoms with E-state index in [0.717, 1.165) is 31.9 Å². The van der Waals surface area contributed by atoms with Crippen molar-refractivity contribution < 1.29 is 33.3 Å². The average molecular weight is 491 g/mol. The monoisotopic (exact) mass is 491 g/mol. The topological polar surface area (TPSA) is 151 Å². The largest absolute Gasteiger partial charge is 0.465 e. The maximum Gasteiger partial charge on any atom is 0.338 e. The van der Waals surface area contributed by atoms with Gasteiger partial charge in [0.2, 0.25) is 5.82 Å². The van der Waals surface area contributed by atoms with Crippen LogP contribution >= 0.6 is 0 Å². The molecular weight excluding hydrogens is 465 g/mol. The number of rotatable bonds is 7. The summed E-state index contributed by atoms with van der Waals surface area (Å²) < 4.78 is 21.7. The first kappa shape index (κ1) is 27.2. The van der Waals surface area contributed by atoms with Crippen molar-refractivity contribution in [1.29, 1.82) is 0 Å². The number of hydrogen-bond acceptors (Lipinski definition) is 9. The van der Waals surface area contributed by atoms with Crippen LogP contribution in [0, 0.1) is 32.0 Å². The van der Waals surface area contributed by atoms with Gasteiger partial charge < -0.3 is 14.8 Å². The smallest absolute Gasteiger partial charge is 0.338 e. The molecule has 2 aromatic carbocycles.